The highest BCUT2D eigenvalue weighted by atomic mass is 32.2. The molecule has 0 radical (unpaired) electrons. The highest BCUT2D eigenvalue weighted by molar-refractivity contribution is 8.00. The molecular formula is C17H14FN3O3S. The lowest BCUT2D eigenvalue weighted by Crippen LogP contribution is -2.18. The van der Waals surface area contributed by atoms with Crippen molar-refractivity contribution in [3.8, 4) is 17.2 Å². The first kappa shape index (κ1) is 17.0. The highest BCUT2D eigenvalue weighted by Gasteiger charge is 2.23. The topological polar surface area (TPSA) is 91.2 Å². The van der Waals surface area contributed by atoms with E-state index in [0.29, 0.717) is 17.2 Å². The number of hydrogen-bond acceptors (Lipinski definition) is 6. The van der Waals surface area contributed by atoms with Gasteiger partial charge in [0.05, 0.1) is 7.11 Å². The fraction of sp³-hybridized carbons (Fsp3) is 0.118. The molecule has 3 aromatic rings. The van der Waals surface area contributed by atoms with Gasteiger partial charge in [-0.25, -0.2) is 4.39 Å². The molecule has 6 nitrogen and oxygen atoms in total. The normalized spacial score (nSPS) is 11.9. The molecule has 1 heterocycles. The second kappa shape index (κ2) is 7.35. The van der Waals surface area contributed by atoms with E-state index in [4.69, 9.17) is 14.9 Å². The number of carbonyl (C=O) groups excluding carboxylic acids is 1. The second-order valence-corrected chi connectivity index (χ2v) is 6.11. The van der Waals surface area contributed by atoms with Crippen LogP contribution >= 0.6 is 11.8 Å². The Morgan fingerprint density at radius 3 is 2.44 bits per heavy atom. The van der Waals surface area contributed by atoms with Gasteiger partial charge in [-0.05, 0) is 53.7 Å². The molecule has 1 atom stereocenters. The molecule has 8 heteroatoms. The van der Waals surface area contributed by atoms with E-state index in [0.717, 1.165) is 17.3 Å². The summed E-state index contributed by atoms with van der Waals surface area (Å²) >= 11 is 1.02. The number of thioether (sulfide) groups is 1. The molecule has 0 aliphatic carbocycles. The van der Waals surface area contributed by atoms with Crippen LogP contribution in [-0.4, -0.2) is 23.2 Å². The smallest absolute Gasteiger partial charge is 0.277 e. The average Bonchev–Trinajstić information content (AvgIpc) is 3.09. The van der Waals surface area contributed by atoms with E-state index < -0.39 is 17.0 Å². The van der Waals surface area contributed by atoms with Gasteiger partial charge in [-0.2, -0.15) is 0 Å². The van der Waals surface area contributed by atoms with Crippen molar-refractivity contribution in [1.29, 1.82) is 0 Å². The third-order valence-corrected chi connectivity index (χ3v) is 4.50. The van der Waals surface area contributed by atoms with Gasteiger partial charge in [0.15, 0.2) is 0 Å². The largest absolute Gasteiger partial charge is 0.497 e. The van der Waals surface area contributed by atoms with Crippen LogP contribution in [0.4, 0.5) is 4.39 Å². The number of methoxy groups -OCH3 is 1. The van der Waals surface area contributed by atoms with E-state index >= 15 is 0 Å². The van der Waals surface area contributed by atoms with Crippen molar-refractivity contribution in [3.63, 3.8) is 0 Å². The summed E-state index contributed by atoms with van der Waals surface area (Å²) < 4.78 is 23.7. The van der Waals surface area contributed by atoms with Crippen molar-refractivity contribution in [3.05, 3.63) is 59.9 Å². The van der Waals surface area contributed by atoms with Crippen molar-refractivity contribution in [1.82, 2.24) is 10.2 Å². The minimum atomic E-state index is -0.759. The molecule has 0 bridgehead atoms. The number of primary amides is 1. The van der Waals surface area contributed by atoms with E-state index in [1.807, 2.05) is 0 Å². The number of hydrogen-bond donors (Lipinski definition) is 1. The van der Waals surface area contributed by atoms with Gasteiger partial charge >= 0.3 is 0 Å². The molecular weight excluding hydrogens is 345 g/mol. The van der Waals surface area contributed by atoms with E-state index in [-0.39, 0.29) is 5.22 Å². The van der Waals surface area contributed by atoms with Gasteiger partial charge in [-0.1, -0.05) is 12.1 Å². The SMILES string of the molecule is COc1ccc(-c2nnc(S[C@H](C(N)=O)c3ccc(F)cc3)o2)cc1. The summed E-state index contributed by atoms with van der Waals surface area (Å²) in [6.45, 7) is 0. The maximum absolute atomic E-state index is 13.1. The standard InChI is InChI=1S/C17H14FN3O3S/c1-23-13-8-4-11(5-9-13)16-20-21-17(24-16)25-14(15(19)22)10-2-6-12(18)7-3-10/h2-9,14H,1H3,(H2,19,22)/t14-/m0/s1. The summed E-state index contributed by atoms with van der Waals surface area (Å²) in [5.41, 5.74) is 6.73. The number of aromatic nitrogens is 2. The maximum Gasteiger partial charge on any atom is 0.277 e. The number of nitrogens with zero attached hydrogens (tertiary/aromatic N) is 2. The average molecular weight is 359 g/mol. The van der Waals surface area contributed by atoms with Crippen LogP contribution in [0.1, 0.15) is 10.8 Å². The van der Waals surface area contributed by atoms with Crippen LogP contribution in [0.2, 0.25) is 0 Å². The van der Waals surface area contributed by atoms with Crippen molar-refractivity contribution in [2.24, 2.45) is 5.73 Å². The first-order valence-electron chi connectivity index (χ1n) is 7.26. The van der Waals surface area contributed by atoms with Gasteiger partial charge in [0.25, 0.3) is 5.22 Å². The number of halogens is 1. The van der Waals surface area contributed by atoms with Gasteiger partial charge in [0.1, 0.15) is 16.8 Å². The molecule has 0 saturated heterocycles. The lowest BCUT2D eigenvalue weighted by Gasteiger charge is -2.10. The Balaban J connectivity index is 1.80. The molecule has 0 unspecified atom stereocenters. The highest BCUT2D eigenvalue weighted by Crippen LogP contribution is 2.35. The van der Waals surface area contributed by atoms with Gasteiger partial charge in [-0.3, -0.25) is 4.79 Å². The summed E-state index contributed by atoms with van der Waals surface area (Å²) in [5.74, 6) is 0.0489. The molecule has 0 fully saturated rings. The molecule has 0 spiro atoms. The molecule has 25 heavy (non-hydrogen) atoms. The van der Waals surface area contributed by atoms with Crippen LogP contribution in [0.15, 0.2) is 58.2 Å². The summed E-state index contributed by atoms with van der Waals surface area (Å²) in [6, 6.07) is 12.6. The fourth-order valence-corrected chi connectivity index (χ4v) is 2.96. The first-order chi connectivity index (χ1) is 12.1. The molecule has 0 aliphatic rings. The zero-order valence-corrected chi connectivity index (χ0v) is 14.0. The lowest BCUT2D eigenvalue weighted by atomic mass is 10.1. The third-order valence-electron chi connectivity index (χ3n) is 3.39. The molecule has 2 aromatic carbocycles. The second-order valence-electron chi connectivity index (χ2n) is 5.05. The van der Waals surface area contributed by atoms with Gasteiger partial charge in [-0.15, -0.1) is 10.2 Å². The predicted molar refractivity (Wildman–Crippen MR) is 90.5 cm³/mol. The third kappa shape index (κ3) is 3.97. The number of ether oxygens (including phenoxy) is 1. The zero-order valence-electron chi connectivity index (χ0n) is 13.2. The van der Waals surface area contributed by atoms with E-state index in [2.05, 4.69) is 10.2 Å². The Labute approximate surface area is 147 Å². The van der Waals surface area contributed by atoms with Crippen LogP contribution in [0.25, 0.3) is 11.5 Å². The fourth-order valence-electron chi connectivity index (χ4n) is 2.14. The Morgan fingerprint density at radius 2 is 1.84 bits per heavy atom. The Hall–Kier alpha value is -2.87. The Bertz CT molecular complexity index is 866. The van der Waals surface area contributed by atoms with Gasteiger partial charge in [0, 0.05) is 5.56 Å². The van der Waals surface area contributed by atoms with Crippen LogP contribution in [0, 0.1) is 5.82 Å². The molecule has 1 amide bonds. The van der Waals surface area contributed by atoms with Crippen LogP contribution in [0.3, 0.4) is 0 Å². The minimum Gasteiger partial charge on any atom is -0.497 e. The van der Waals surface area contributed by atoms with Crippen molar-refractivity contribution >= 4 is 17.7 Å². The van der Waals surface area contributed by atoms with Gasteiger partial charge < -0.3 is 14.9 Å². The van der Waals surface area contributed by atoms with E-state index in [1.54, 1.807) is 31.4 Å². The van der Waals surface area contributed by atoms with Crippen molar-refractivity contribution in [2.45, 2.75) is 10.5 Å². The Kier molecular flexibility index (Phi) is 4.99. The molecule has 3 rings (SSSR count). The lowest BCUT2D eigenvalue weighted by molar-refractivity contribution is -0.117. The number of carbonyl (C=O) groups is 1. The number of nitrogens with two attached hydrogens (primary N) is 1. The maximum atomic E-state index is 13.1. The molecule has 1 aromatic heterocycles. The van der Waals surface area contributed by atoms with Crippen LogP contribution in [0.5, 0.6) is 5.75 Å². The summed E-state index contributed by atoms with van der Waals surface area (Å²) in [7, 11) is 1.58. The molecule has 128 valence electrons. The van der Waals surface area contributed by atoms with Crippen molar-refractivity contribution < 1.29 is 18.3 Å². The Morgan fingerprint density at radius 1 is 1.16 bits per heavy atom. The quantitative estimate of drug-likeness (QED) is 0.680. The monoisotopic (exact) mass is 359 g/mol. The summed E-state index contributed by atoms with van der Waals surface area (Å²) in [5, 5.41) is 7.34. The summed E-state index contributed by atoms with van der Waals surface area (Å²) in [6.07, 6.45) is 0. The van der Waals surface area contributed by atoms with Gasteiger partial charge in [0.2, 0.25) is 11.8 Å². The van der Waals surface area contributed by atoms with E-state index in [1.165, 1.54) is 24.3 Å². The summed E-state index contributed by atoms with van der Waals surface area (Å²) in [4.78, 5) is 11.7. The first-order valence-corrected chi connectivity index (χ1v) is 8.14. The number of rotatable bonds is 6. The van der Waals surface area contributed by atoms with Crippen molar-refractivity contribution in [2.75, 3.05) is 7.11 Å². The number of benzene rings is 2. The molecule has 2 N–H and O–H groups in total. The van der Waals surface area contributed by atoms with E-state index in [9.17, 15) is 9.18 Å². The minimum absolute atomic E-state index is 0.193. The van der Waals surface area contributed by atoms with Crippen LogP contribution < -0.4 is 10.5 Å². The predicted octanol–water partition coefficient (Wildman–Crippen LogP) is 3.20. The molecule has 0 saturated carbocycles. The van der Waals surface area contributed by atoms with Crippen LogP contribution in [-0.2, 0) is 4.79 Å². The number of amides is 1. The molecule has 0 aliphatic heterocycles. The zero-order chi connectivity index (χ0) is 17.8.